The van der Waals surface area contributed by atoms with Crippen molar-refractivity contribution in [2.75, 3.05) is 33.4 Å². The zero-order valence-corrected chi connectivity index (χ0v) is 13.9. The molecule has 124 valence electrons. The standard InChI is InChI=1S/C17H23N3O3/c1-17(2,21-3)16-18-15(19-23-16)14-6-4-5-13(11-14)12-20-7-9-22-10-8-20/h4-6,11H,7-10,12H2,1-3H3. The first-order valence-electron chi connectivity index (χ1n) is 7.87. The highest BCUT2D eigenvalue weighted by molar-refractivity contribution is 5.55. The molecule has 6 nitrogen and oxygen atoms in total. The van der Waals surface area contributed by atoms with Gasteiger partial charge in [-0.25, -0.2) is 0 Å². The number of hydrogen-bond donors (Lipinski definition) is 0. The minimum atomic E-state index is -0.587. The fraction of sp³-hybridized carbons (Fsp3) is 0.529. The molecule has 0 amide bonds. The van der Waals surface area contributed by atoms with Gasteiger partial charge in [0.15, 0.2) is 0 Å². The van der Waals surface area contributed by atoms with E-state index < -0.39 is 5.60 Å². The predicted octanol–water partition coefficient (Wildman–Crippen LogP) is 2.45. The van der Waals surface area contributed by atoms with Crippen LogP contribution in [0.15, 0.2) is 28.8 Å². The quantitative estimate of drug-likeness (QED) is 0.844. The van der Waals surface area contributed by atoms with Crippen LogP contribution in [0.2, 0.25) is 0 Å². The molecule has 6 heteroatoms. The van der Waals surface area contributed by atoms with E-state index in [0.29, 0.717) is 11.7 Å². The molecule has 1 fully saturated rings. The van der Waals surface area contributed by atoms with E-state index in [-0.39, 0.29) is 0 Å². The monoisotopic (exact) mass is 317 g/mol. The molecule has 0 bridgehead atoms. The Labute approximate surface area is 136 Å². The molecule has 1 aromatic carbocycles. The highest BCUT2D eigenvalue weighted by atomic mass is 16.5. The number of aromatic nitrogens is 2. The van der Waals surface area contributed by atoms with Crippen LogP contribution in [0.25, 0.3) is 11.4 Å². The summed E-state index contributed by atoms with van der Waals surface area (Å²) in [5.41, 5.74) is 1.61. The van der Waals surface area contributed by atoms with Crippen molar-refractivity contribution >= 4 is 0 Å². The van der Waals surface area contributed by atoms with Crippen LogP contribution >= 0.6 is 0 Å². The number of methoxy groups -OCH3 is 1. The third kappa shape index (κ3) is 3.77. The minimum Gasteiger partial charge on any atom is -0.379 e. The lowest BCUT2D eigenvalue weighted by Gasteiger charge is -2.26. The van der Waals surface area contributed by atoms with Crippen LogP contribution in [0, 0.1) is 0 Å². The summed E-state index contributed by atoms with van der Waals surface area (Å²) in [6.07, 6.45) is 0. The average Bonchev–Trinajstić information content (AvgIpc) is 3.07. The van der Waals surface area contributed by atoms with Gasteiger partial charge in [-0.15, -0.1) is 0 Å². The van der Waals surface area contributed by atoms with E-state index in [1.165, 1.54) is 5.56 Å². The van der Waals surface area contributed by atoms with Crippen molar-refractivity contribution < 1.29 is 14.0 Å². The summed E-state index contributed by atoms with van der Waals surface area (Å²) in [6, 6.07) is 8.27. The molecule has 1 aliphatic heterocycles. The van der Waals surface area contributed by atoms with E-state index in [4.69, 9.17) is 14.0 Å². The third-order valence-corrected chi connectivity index (χ3v) is 4.15. The highest BCUT2D eigenvalue weighted by Gasteiger charge is 2.27. The molecule has 0 aliphatic carbocycles. The average molecular weight is 317 g/mol. The number of ether oxygens (including phenoxy) is 2. The first-order valence-corrected chi connectivity index (χ1v) is 7.87. The van der Waals surface area contributed by atoms with Crippen LogP contribution in [-0.4, -0.2) is 48.5 Å². The molecule has 0 unspecified atom stereocenters. The lowest BCUT2D eigenvalue weighted by atomic mass is 10.1. The summed E-state index contributed by atoms with van der Waals surface area (Å²) in [5, 5.41) is 4.09. The van der Waals surface area contributed by atoms with Crippen molar-refractivity contribution in [2.24, 2.45) is 0 Å². The predicted molar refractivity (Wildman–Crippen MR) is 85.9 cm³/mol. The molecule has 1 saturated heterocycles. The molecule has 0 spiro atoms. The third-order valence-electron chi connectivity index (χ3n) is 4.15. The van der Waals surface area contributed by atoms with Gasteiger partial charge in [0.2, 0.25) is 5.82 Å². The van der Waals surface area contributed by atoms with Gasteiger partial charge in [0.25, 0.3) is 5.89 Å². The molecule has 0 saturated carbocycles. The molecular formula is C17H23N3O3. The minimum absolute atomic E-state index is 0.480. The lowest BCUT2D eigenvalue weighted by Crippen LogP contribution is -2.35. The molecule has 0 atom stereocenters. The fourth-order valence-electron chi connectivity index (χ4n) is 2.50. The normalized spacial score (nSPS) is 16.7. The summed E-state index contributed by atoms with van der Waals surface area (Å²) in [5.74, 6) is 1.07. The first-order chi connectivity index (χ1) is 11.1. The molecule has 0 radical (unpaired) electrons. The highest BCUT2D eigenvalue weighted by Crippen LogP contribution is 2.25. The number of morpholine rings is 1. The van der Waals surface area contributed by atoms with Crippen LogP contribution in [0.4, 0.5) is 0 Å². The van der Waals surface area contributed by atoms with Gasteiger partial charge >= 0.3 is 0 Å². The van der Waals surface area contributed by atoms with Gasteiger partial charge in [-0.2, -0.15) is 4.98 Å². The maximum Gasteiger partial charge on any atom is 0.258 e. The topological polar surface area (TPSA) is 60.6 Å². The number of nitrogens with zero attached hydrogens (tertiary/aromatic N) is 3. The Hall–Kier alpha value is -1.76. The van der Waals surface area contributed by atoms with E-state index >= 15 is 0 Å². The van der Waals surface area contributed by atoms with Crippen molar-refractivity contribution in [2.45, 2.75) is 26.0 Å². The molecule has 1 aromatic heterocycles. The van der Waals surface area contributed by atoms with Gasteiger partial charge < -0.3 is 14.0 Å². The summed E-state index contributed by atoms with van der Waals surface area (Å²) in [7, 11) is 1.63. The molecule has 0 N–H and O–H groups in total. The van der Waals surface area contributed by atoms with E-state index in [1.807, 2.05) is 26.0 Å². The summed E-state index contributed by atoms with van der Waals surface area (Å²) >= 11 is 0. The Morgan fingerprint density at radius 3 is 2.78 bits per heavy atom. The van der Waals surface area contributed by atoms with Gasteiger partial charge in [-0.05, 0) is 25.5 Å². The fourth-order valence-corrected chi connectivity index (χ4v) is 2.50. The smallest absolute Gasteiger partial charge is 0.258 e. The Kier molecular flexibility index (Phi) is 4.75. The largest absolute Gasteiger partial charge is 0.379 e. The van der Waals surface area contributed by atoms with Crippen molar-refractivity contribution in [1.29, 1.82) is 0 Å². The summed E-state index contributed by atoms with van der Waals surface area (Å²) in [4.78, 5) is 6.86. The molecular weight excluding hydrogens is 294 g/mol. The number of hydrogen-bond acceptors (Lipinski definition) is 6. The SMILES string of the molecule is COC(C)(C)c1nc(-c2cccc(CN3CCOCC3)c2)no1. The molecule has 3 rings (SSSR count). The molecule has 2 heterocycles. The first kappa shape index (κ1) is 16.1. The molecule has 2 aromatic rings. The van der Waals surface area contributed by atoms with Crippen molar-refractivity contribution in [1.82, 2.24) is 15.0 Å². The second-order valence-electron chi connectivity index (χ2n) is 6.23. The van der Waals surface area contributed by atoms with Crippen LogP contribution in [0.5, 0.6) is 0 Å². The summed E-state index contributed by atoms with van der Waals surface area (Å²) in [6.45, 7) is 8.26. The van der Waals surface area contributed by atoms with E-state index in [1.54, 1.807) is 7.11 Å². The van der Waals surface area contributed by atoms with Crippen LogP contribution in [-0.2, 0) is 21.6 Å². The van der Waals surface area contributed by atoms with E-state index in [2.05, 4.69) is 27.2 Å². The maximum absolute atomic E-state index is 5.39. The second-order valence-corrected chi connectivity index (χ2v) is 6.23. The van der Waals surface area contributed by atoms with Crippen LogP contribution in [0.1, 0.15) is 25.3 Å². The van der Waals surface area contributed by atoms with Gasteiger partial charge in [-0.1, -0.05) is 23.4 Å². The number of rotatable bonds is 5. The van der Waals surface area contributed by atoms with Gasteiger partial charge in [0, 0.05) is 32.3 Å². The van der Waals surface area contributed by atoms with E-state index in [9.17, 15) is 0 Å². The Balaban J connectivity index is 1.77. The molecule has 23 heavy (non-hydrogen) atoms. The lowest BCUT2D eigenvalue weighted by molar-refractivity contribution is -0.00786. The zero-order valence-electron chi connectivity index (χ0n) is 13.9. The maximum atomic E-state index is 5.39. The van der Waals surface area contributed by atoms with Crippen LogP contribution in [0.3, 0.4) is 0 Å². The molecule has 1 aliphatic rings. The second kappa shape index (κ2) is 6.78. The van der Waals surface area contributed by atoms with Gasteiger partial charge in [-0.3, -0.25) is 4.90 Å². The Morgan fingerprint density at radius 1 is 1.26 bits per heavy atom. The van der Waals surface area contributed by atoms with Gasteiger partial charge in [0.05, 0.1) is 13.2 Å². The Bertz CT molecular complexity index is 648. The number of benzene rings is 1. The van der Waals surface area contributed by atoms with Crippen LogP contribution < -0.4 is 0 Å². The van der Waals surface area contributed by atoms with Crippen molar-refractivity contribution in [3.8, 4) is 11.4 Å². The Morgan fingerprint density at radius 2 is 2.04 bits per heavy atom. The van der Waals surface area contributed by atoms with Crippen molar-refractivity contribution in [3.05, 3.63) is 35.7 Å². The summed E-state index contributed by atoms with van der Waals surface area (Å²) < 4.78 is 16.1. The van der Waals surface area contributed by atoms with Gasteiger partial charge in [0.1, 0.15) is 5.60 Å². The van der Waals surface area contributed by atoms with E-state index in [0.717, 1.165) is 38.4 Å². The van der Waals surface area contributed by atoms with Crippen molar-refractivity contribution in [3.63, 3.8) is 0 Å². The zero-order chi connectivity index (χ0) is 16.3.